The molecule has 0 aromatic heterocycles. The maximum absolute atomic E-state index is 6.63. The highest BCUT2D eigenvalue weighted by Gasteiger charge is 2.40. The van der Waals surface area contributed by atoms with Crippen LogP contribution in [0.5, 0.6) is 5.75 Å². The number of hydrogen-bond acceptors (Lipinski definition) is 1. The molecule has 0 N–H and O–H groups in total. The van der Waals surface area contributed by atoms with E-state index >= 15 is 0 Å². The first kappa shape index (κ1) is 33.7. The minimum absolute atomic E-state index is 0.225. The highest BCUT2D eigenvalue weighted by Crippen LogP contribution is 2.47. The largest absolute Gasteiger partial charge is 0.496 e. The van der Waals surface area contributed by atoms with Gasteiger partial charge in [-0.1, -0.05) is 163 Å². The molecule has 0 radical (unpaired) electrons. The summed E-state index contributed by atoms with van der Waals surface area (Å²) < 4.78 is 6.63. The van der Waals surface area contributed by atoms with Crippen molar-refractivity contribution in [2.75, 3.05) is 7.11 Å². The zero-order valence-electron chi connectivity index (χ0n) is 30.5. The van der Waals surface area contributed by atoms with E-state index in [0.717, 1.165) is 24.3 Å². The summed E-state index contributed by atoms with van der Waals surface area (Å²) in [4.78, 5) is 0. The Morgan fingerprint density at radius 1 is 0.667 bits per heavy atom. The molecule has 1 nitrogen and oxygen atoms in total. The normalized spacial score (nSPS) is 13.1. The van der Waals surface area contributed by atoms with Crippen molar-refractivity contribution in [2.24, 2.45) is 0 Å². The van der Waals surface area contributed by atoms with Crippen LogP contribution < -0.4 is 15.1 Å². The highest BCUT2D eigenvalue weighted by molar-refractivity contribution is 7.03. The van der Waals surface area contributed by atoms with Gasteiger partial charge in [0.1, 0.15) is 13.8 Å². The molecule has 0 aliphatic heterocycles. The number of allylic oxidation sites excluding steroid dienone is 1. The van der Waals surface area contributed by atoms with Crippen LogP contribution in [0.15, 0.2) is 109 Å². The lowest BCUT2D eigenvalue weighted by molar-refractivity contribution is 0.402. The van der Waals surface area contributed by atoms with E-state index in [1.54, 1.807) is 5.19 Å². The van der Waals surface area contributed by atoms with Gasteiger partial charge in [0, 0.05) is 22.0 Å². The van der Waals surface area contributed by atoms with Crippen molar-refractivity contribution in [1.29, 1.82) is 0 Å². The van der Waals surface area contributed by atoms with Gasteiger partial charge in [0.25, 0.3) is 0 Å². The van der Waals surface area contributed by atoms with Crippen molar-refractivity contribution in [3.05, 3.63) is 154 Å². The number of methoxy groups -OCH3 is 1. The smallest absolute Gasteiger partial charge is 0.130 e. The first-order valence-corrected chi connectivity index (χ1v) is 20.2. The Bertz CT molecular complexity index is 1960. The van der Waals surface area contributed by atoms with E-state index < -0.39 is 8.07 Å². The molecule has 0 amide bonds. The molecule has 0 saturated heterocycles. The SMILES string of the molecule is CC[Si](CC)(c1cccc2c1C=CC2)c1ccc(C)c(C)c1-c1cc(C(C)(C)c2ccccc2)cc(C(C)(C)c2ccccc2)c1OC. The van der Waals surface area contributed by atoms with Crippen molar-refractivity contribution in [3.63, 3.8) is 0 Å². The lowest BCUT2D eigenvalue weighted by Crippen LogP contribution is -2.59. The molecule has 246 valence electrons. The maximum atomic E-state index is 6.63. The van der Waals surface area contributed by atoms with Gasteiger partial charge < -0.3 is 4.74 Å². The lowest BCUT2D eigenvalue weighted by atomic mass is 9.71. The van der Waals surface area contributed by atoms with Crippen LogP contribution in [0.4, 0.5) is 0 Å². The number of hydrogen-bond donors (Lipinski definition) is 0. The highest BCUT2D eigenvalue weighted by atomic mass is 28.3. The number of benzene rings is 5. The Kier molecular flexibility index (Phi) is 9.17. The maximum Gasteiger partial charge on any atom is 0.130 e. The molecule has 0 spiro atoms. The molecule has 1 aliphatic rings. The van der Waals surface area contributed by atoms with Crippen LogP contribution >= 0.6 is 0 Å². The zero-order chi connectivity index (χ0) is 34.3. The number of rotatable bonds is 10. The average Bonchev–Trinajstić information content (AvgIpc) is 3.60. The van der Waals surface area contributed by atoms with Gasteiger partial charge >= 0.3 is 0 Å². The summed E-state index contributed by atoms with van der Waals surface area (Å²) in [6.45, 7) is 18.9. The fourth-order valence-electron chi connectivity index (χ4n) is 8.32. The van der Waals surface area contributed by atoms with Crippen molar-refractivity contribution in [1.82, 2.24) is 0 Å². The summed E-state index contributed by atoms with van der Waals surface area (Å²) in [7, 11) is -0.361. The van der Waals surface area contributed by atoms with E-state index in [1.165, 1.54) is 60.8 Å². The minimum Gasteiger partial charge on any atom is -0.496 e. The number of fused-ring (bicyclic) bond motifs is 1. The molecular weight excluding hydrogens is 597 g/mol. The third kappa shape index (κ3) is 5.49. The molecule has 6 rings (SSSR count). The van der Waals surface area contributed by atoms with Crippen LogP contribution in [-0.4, -0.2) is 15.2 Å². The number of aryl methyl sites for hydroxylation is 1. The average molecular weight is 649 g/mol. The quantitative estimate of drug-likeness (QED) is 0.137. The molecule has 0 fully saturated rings. The van der Waals surface area contributed by atoms with E-state index in [1.807, 2.05) is 7.11 Å². The zero-order valence-corrected chi connectivity index (χ0v) is 31.5. The molecule has 2 heteroatoms. The van der Waals surface area contributed by atoms with Crippen LogP contribution in [0.1, 0.15) is 86.1 Å². The van der Waals surface area contributed by atoms with Crippen LogP contribution in [0.2, 0.25) is 12.1 Å². The van der Waals surface area contributed by atoms with Crippen LogP contribution in [0, 0.1) is 13.8 Å². The second-order valence-electron chi connectivity index (χ2n) is 14.8. The second kappa shape index (κ2) is 13.0. The molecule has 0 saturated carbocycles. The molecule has 0 unspecified atom stereocenters. The van der Waals surface area contributed by atoms with Crippen molar-refractivity contribution >= 4 is 24.5 Å². The minimum atomic E-state index is -2.23. The van der Waals surface area contributed by atoms with Gasteiger partial charge in [-0.3, -0.25) is 0 Å². The molecular formula is C46H52OSi. The first-order valence-electron chi connectivity index (χ1n) is 17.7. The Hall–Kier alpha value is -4.14. The summed E-state index contributed by atoms with van der Waals surface area (Å²) >= 11 is 0. The molecule has 5 aromatic rings. The van der Waals surface area contributed by atoms with Crippen molar-refractivity contribution in [3.8, 4) is 16.9 Å². The van der Waals surface area contributed by atoms with Crippen molar-refractivity contribution in [2.45, 2.75) is 84.7 Å². The fraction of sp³-hybridized carbons (Fsp3) is 0.304. The van der Waals surface area contributed by atoms with Crippen molar-refractivity contribution < 1.29 is 4.74 Å². The Morgan fingerprint density at radius 2 is 1.29 bits per heavy atom. The summed E-state index contributed by atoms with van der Waals surface area (Å²) in [5, 5.41) is 3.11. The summed E-state index contributed by atoms with van der Waals surface area (Å²) in [5.41, 5.74) is 12.8. The molecule has 0 bridgehead atoms. The summed E-state index contributed by atoms with van der Waals surface area (Å²) in [5.74, 6) is 0.986. The van der Waals surface area contributed by atoms with Crippen LogP contribution in [0.3, 0.4) is 0 Å². The first-order chi connectivity index (χ1) is 23.0. The second-order valence-corrected chi connectivity index (χ2v) is 19.4. The standard InChI is InChI=1S/C46H52OSi/c1-10-48(11-2,41-27-19-21-34-20-18-26-38(34)41)42-29-28-32(3)33(4)43(42)39-30-37(45(5,6)35-22-14-12-15-23-35)31-40(44(39)47-9)46(7,8)36-24-16-13-17-25-36/h12-19,21-31H,10-11,20H2,1-9H3. The van der Waals surface area contributed by atoms with Gasteiger partial charge in [0.2, 0.25) is 0 Å². The monoisotopic (exact) mass is 648 g/mol. The van der Waals surface area contributed by atoms with E-state index in [0.29, 0.717) is 0 Å². The van der Waals surface area contributed by atoms with E-state index in [9.17, 15) is 0 Å². The van der Waals surface area contributed by atoms with E-state index in [2.05, 4.69) is 171 Å². The van der Waals surface area contributed by atoms with Gasteiger partial charge in [0.05, 0.1) is 7.11 Å². The number of ether oxygens (including phenoxy) is 1. The van der Waals surface area contributed by atoms with E-state index in [4.69, 9.17) is 4.74 Å². The summed E-state index contributed by atoms with van der Waals surface area (Å²) in [6.07, 6.45) is 5.77. The predicted octanol–water partition coefficient (Wildman–Crippen LogP) is 10.8. The Morgan fingerprint density at radius 3 is 1.90 bits per heavy atom. The molecule has 1 aliphatic carbocycles. The predicted molar refractivity (Wildman–Crippen MR) is 210 cm³/mol. The fourth-order valence-corrected chi connectivity index (χ4v) is 13.0. The third-order valence-electron chi connectivity index (χ3n) is 11.7. The topological polar surface area (TPSA) is 9.23 Å². The third-order valence-corrected chi connectivity index (χ3v) is 17.1. The van der Waals surface area contributed by atoms with Gasteiger partial charge in [-0.25, -0.2) is 0 Å². The van der Waals surface area contributed by atoms with E-state index in [-0.39, 0.29) is 10.8 Å². The Balaban J connectivity index is 1.74. The van der Waals surface area contributed by atoms with Crippen LogP contribution in [0.25, 0.3) is 17.2 Å². The molecule has 0 heterocycles. The lowest BCUT2D eigenvalue weighted by Gasteiger charge is -2.37. The van der Waals surface area contributed by atoms with Gasteiger partial charge in [-0.2, -0.15) is 0 Å². The molecule has 5 aromatic carbocycles. The van der Waals surface area contributed by atoms with Gasteiger partial charge in [-0.15, -0.1) is 0 Å². The molecule has 48 heavy (non-hydrogen) atoms. The van der Waals surface area contributed by atoms with Gasteiger partial charge in [-0.05, 0) is 81.2 Å². The summed E-state index contributed by atoms with van der Waals surface area (Å²) in [6, 6.07) is 41.0. The van der Waals surface area contributed by atoms with Crippen LogP contribution in [-0.2, 0) is 17.3 Å². The van der Waals surface area contributed by atoms with Gasteiger partial charge in [0.15, 0.2) is 0 Å². The molecule has 0 atom stereocenters. The Labute approximate surface area is 290 Å².